The number of ether oxygens (including phenoxy) is 3. The van der Waals surface area contributed by atoms with Crippen molar-refractivity contribution < 1.29 is 24.1 Å². The first kappa shape index (κ1) is 16.7. The van der Waals surface area contributed by atoms with Crippen molar-refractivity contribution in [3.63, 3.8) is 0 Å². The van der Waals surface area contributed by atoms with E-state index in [1.54, 1.807) is 21.0 Å². The molecule has 0 saturated carbocycles. The third-order valence-electron chi connectivity index (χ3n) is 2.01. The normalized spacial score (nSPS) is 11.7. The number of aliphatic carboxylic acids is 1. The lowest BCUT2D eigenvalue weighted by atomic mass is 10.2. The molecular weight excluding hydrogens is 244 g/mol. The van der Waals surface area contributed by atoms with E-state index in [0.717, 1.165) is 0 Å². The number of carbonyl (C=O) groups is 1. The Kier molecular flexibility index (Phi) is 9.53. The van der Waals surface area contributed by atoms with Gasteiger partial charge in [-0.25, -0.2) is 0 Å². The number of hydrogen-bond acceptors (Lipinski definition) is 5. The van der Waals surface area contributed by atoms with Crippen molar-refractivity contribution >= 4 is 17.7 Å². The van der Waals surface area contributed by atoms with Gasteiger partial charge in [-0.15, -0.1) is 11.8 Å². The minimum Gasteiger partial charge on any atom is -0.480 e. The van der Waals surface area contributed by atoms with Crippen LogP contribution in [0.1, 0.15) is 13.8 Å². The minimum atomic E-state index is -0.801. The highest BCUT2D eigenvalue weighted by atomic mass is 32.2. The highest BCUT2D eigenvalue weighted by Gasteiger charge is 2.26. The Bertz CT molecular complexity index is 208. The number of hydrogen-bond donors (Lipinski definition) is 1. The highest BCUT2D eigenvalue weighted by Crippen LogP contribution is 2.23. The third-order valence-corrected chi connectivity index (χ3v) is 3.28. The summed E-state index contributed by atoms with van der Waals surface area (Å²) >= 11 is 1.37. The maximum Gasteiger partial charge on any atom is 0.319 e. The molecule has 0 aliphatic carbocycles. The summed E-state index contributed by atoms with van der Waals surface area (Å²) in [5, 5.41) is 8.87. The zero-order chi connectivity index (χ0) is 13.1. The molecule has 0 aromatic carbocycles. The second-order valence-electron chi connectivity index (χ2n) is 3.88. The van der Waals surface area contributed by atoms with Gasteiger partial charge in [0.1, 0.15) is 4.75 Å². The van der Waals surface area contributed by atoms with Crippen LogP contribution in [0.4, 0.5) is 0 Å². The molecule has 0 heterocycles. The lowest BCUT2D eigenvalue weighted by Gasteiger charge is -2.18. The number of rotatable bonds is 11. The van der Waals surface area contributed by atoms with Crippen molar-refractivity contribution in [3.8, 4) is 0 Å². The van der Waals surface area contributed by atoms with Crippen LogP contribution in [-0.2, 0) is 19.0 Å². The molecule has 0 amide bonds. The average Bonchev–Trinajstić information content (AvgIpc) is 2.26. The highest BCUT2D eigenvalue weighted by molar-refractivity contribution is 8.01. The molecule has 0 saturated heterocycles. The van der Waals surface area contributed by atoms with Crippen LogP contribution in [0.25, 0.3) is 0 Å². The van der Waals surface area contributed by atoms with Gasteiger partial charge in [-0.3, -0.25) is 4.79 Å². The van der Waals surface area contributed by atoms with Crippen molar-refractivity contribution in [2.75, 3.05) is 45.9 Å². The number of methoxy groups -OCH3 is 1. The van der Waals surface area contributed by atoms with Crippen molar-refractivity contribution in [1.29, 1.82) is 0 Å². The summed E-state index contributed by atoms with van der Waals surface area (Å²) in [6, 6.07) is 0. The van der Waals surface area contributed by atoms with Gasteiger partial charge in [-0.2, -0.15) is 0 Å². The van der Waals surface area contributed by atoms with Crippen LogP contribution in [-0.4, -0.2) is 61.7 Å². The van der Waals surface area contributed by atoms with E-state index in [9.17, 15) is 4.79 Å². The van der Waals surface area contributed by atoms with E-state index in [0.29, 0.717) is 38.8 Å². The molecule has 0 fully saturated rings. The van der Waals surface area contributed by atoms with E-state index < -0.39 is 10.7 Å². The second kappa shape index (κ2) is 9.70. The van der Waals surface area contributed by atoms with Crippen molar-refractivity contribution in [2.24, 2.45) is 0 Å². The number of carboxylic acid groups (broad SMARTS) is 1. The Morgan fingerprint density at radius 3 is 2.18 bits per heavy atom. The van der Waals surface area contributed by atoms with Crippen molar-refractivity contribution in [3.05, 3.63) is 0 Å². The first-order valence-corrected chi connectivity index (χ1v) is 6.51. The van der Waals surface area contributed by atoms with E-state index in [1.165, 1.54) is 11.8 Å². The van der Waals surface area contributed by atoms with Gasteiger partial charge in [0, 0.05) is 12.9 Å². The SMILES string of the molecule is COCCOCCOCCSC(C)(C)C(=O)O. The molecular formula is C11H22O5S. The smallest absolute Gasteiger partial charge is 0.319 e. The summed E-state index contributed by atoms with van der Waals surface area (Å²) < 4.78 is 14.6. The minimum absolute atomic E-state index is 0.526. The number of carboxylic acids is 1. The predicted molar refractivity (Wildman–Crippen MR) is 67.7 cm³/mol. The molecule has 0 radical (unpaired) electrons. The summed E-state index contributed by atoms with van der Waals surface area (Å²) in [5.74, 6) is -0.136. The van der Waals surface area contributed by atoms with Crippen LogP contribution in [0.3, 0.4) is 0 Å². The fraction of sp³-hybridized carbons (Fsp3) is 0.909. The van der Waals surface area contributed by atoms with Gasteiger partial charge in [0.25, 0.3) is 0 Å². The molecule has 1 N–H and O–H groups in total. The summed E-state index contributed by atoms with van der Waals surface area (Å²) in [6.07, 6.45) is 0. The van der Waals surface area contributed by atoms with E-state index in [-0.39, 0.29) is 0 Å². The van der Waals surface area contributed by atoms with Gasteiger partial charge in [0.2, 0.25) is 0 Å². The Hall–Kier alpha value is -0.300. The largest absolute Gasteiger partial charge is 0.480 e. The van der Waals surface area contributed by atoms with E-state index >= 15 is 0 Å². The summed E-state index contributed by atoms with van der Waals surface area (Å²) in [5.41, 5.74) is 0. The zero-order valence-corrected chi connectivity index (χ0v) is 11.5. The van der Waals surface area contributed by atoms with Gasteiger partial charge in [-0.1, -0.05) is 0 Å². The third kappa shape index (κ3) is 9.41. The average molecular weight is 266 g/mol. The van der Waals surface area contributed by atoms with E-state index in [1.807, 2.05) is 0 Å². The molecule has 0 aromatic heterocycles. The van der Waals surface area contributed by atoms with Crippen LogP contribution in [0.5, 0.6) is 0 Å². The topological polar surface area (TPSA) is 65.0 Å². The predicted octanol–water partition coefficient (Wildman–Crippen LogP) is 1.26. The van der Waals surface area contributed by atoms with Crippen LogP contribution >= 0.6 is 11.8 Å². The molecule has 0 unspecified atom stereocenters. The fourth-order valence-corrected chi connectivity index (χ4v) is 1.72. The van der Waals surface area contributed by atoms with Gasteiger partial charge in [-0.05, 0) is 13.8 Å². The maximum atomic E-state index is 10.8. The lowest BCUT2D eigenvalue weighted by Crippen LogP contribution is -2.28. The van der Waals surface area contributed by atoms with E-state index in [2.05, 4.69) is 0 Å². The molecule has 6 heteroatoms. The summed E-state index contributed by atoms with van der Waals surface area (Å²) in [6.45, 7) is 6.13. The zero-order valence-electron chi connectivity index (χ0n) is 10.7. The molecule has 5 nitrogen and oxygen atoms in total. The Morgan fingerprint density at radius 1 is 1.12 bits per heavy atom. The molecule has 0 bridgehead atoms. The fourth-order valence-electron chi connectivity index (χ4n) is 0.882. The second-order valence-corrected chi connectivity index (χ2v) is 5.60. The molecule has 17 heavy (non-hydrogen) atoms. The summed E-state index contributed by atoms with van der Waals surface area (Å²) in [4.78, 5) is 10.8. The van der Waals surface area contributed by atoms with Crippen LogP contribution in [0.15, 0.2) is 0 Å². The standard InChI is InChI=1S/C11H22O5S/c1-11(2,10(12)13)17-9-8-16-7-6-15-5-4-14-3/h4-9H2,1-3H3,(H,12,13). The van der Waals surface area contributed by atoms with E-state index in [4.69, 9.17) is 19.3 Å². The first-order valence-electron chi connectivity index (χ1n) is 5.52. The maximum absolute atomic E-state index is 10.8. The molecule has 0 aliphatic heterocycles. The molecule has 0 aromatic rings. The molecule has 0 spiro atoms. The number of thioether (sulfide) groups is 1. The monoisotopic (exact) mass is 266 g/mol. The van der Waals surface area contributed by atoms with Crippen molar-refractivity contribution in [2.45, 2.75) is 18.6 Å². The molecule has 0 atom stereocenters. The van der Waals surface area contributed by atoms with Crippen LogP contribution in [0.2, 0.25) is 0 Å². The lowest BCUT2D eigenvalue weighted by molar-refractivity contribution is -0.138. The van der Waals surface area contributed by atoms with Gasteiger partial charge < -0.3 is 19.3 Å². The Balaban J connectivity index is 3.27. The van der Waals surface area contributed by atoms with Crippen molar-refractivity contribution in [1.82, 2.24) is 0 Å². The van der Waals surface area contributed by atoms with Gasteiger partial charge in [0.05, 0.1) is 33.0 Å². The summed E-state index contributed by atoms with van der Waals surface area (Å²) in [7, 11) is 1.63. The van der Waals surface area contributed by atoms with Crippen LogP contribution in [0, 0.1) is 0 Å². The Morgan fingerprint density at radius 2 is 1.65 bits per heavy atom. The molecule has 102 valence electrons. The quantitative estimate of drug-likeness (QED) is 0.568. The molecule has 0 aliphatic rings. The Labute approximate surface area is 107 Å². The first-order chi connectivity index (χ1) is 8.00. The van der Waals surface area contributed by atoms with Gasteiger partial charge >= 0.3 is 5.97 Å². The van der Waals surface area contributed by atoms with Gasteiger partial charge in [0.15, 0.2) is 0 Å². The molecule has 0 rings (SSSR count). The van der Waals surface area contributed by atoms with Crippen LogP contribution < -0.4 is 0 Å².